The lowest BCUT2D eigenvalue weighted by Gasteiger charge is -2.34. The number of piperazine rings is 1. The summed E-state index contributed by atoms with van der Waals surface area (Å²) in [6, 6.07) is 3.95. The molecule has 0 amide bonds. The maximum atomic E-state index is 8.66. The highest BCUT2D eigenvalue weighted by Crippen LogP contribution is 2.28. The van der Waals surface area contributed by atoms with E-state index in [4.69, 9.17) is 15.7 Å². The molecule has 0 unspecified atom stereocenters. The number of methoxy groups -OCH3 is 1. The minimum absolute atomic E-state index is 0.486. The Morgan fingerprint density at radius 3 is 2.78 bits per heavy atom. The molecule has 1 saturated heterocycles. The van der Waals surface area contributed by atoms with Gasteiger partial charge >= 0.3 is 0 Å². The number of hydrogen-bond acceptors (Lipinski definition) is 6. The van der Waals surface area contributed by atoms with Gasteiger partial charge in [-0.15, -0.1) is 0 Å². The monoisotopic (exact) mass is 247 g/mol. The van der Waals surface area contributed by atoms with Crippen LogP contribution in [0.2, 0.25) is 0 Å². The molecule has 1 aromatic heterocycles. The van der Waals surface area contributed by atoms with Crippen molar-refractivity contribution < 1.29 is 4.74 Å². The highest BCUT2D eigenvalue weighted by atomic mass is 16.5. The van der Waals surface area contributed by atoms with Crippen LogP contribution in [0, 0.1) is 11.3 Å². The molecule has 0 aromatic carbocycles. The molecule has 96 valence electrons. The van der Waals surface area contributed by atoms with Crippen molar-refractivity contribution in [2.24, 2.45) is 0 Å². The zero-order valence-electron chi connectivity index (χ0n) is 10.5. The van der Waals surface area contributed by atoms with Crippen LogP contribution in [-0.4, -0.2) is 49.7 Å². The van der Waals surface area contributed by atoms with Gasteiger partial charge in [0.25, 0.3) is 0 Å². The summed E-state index contributed by atoms with van der Waals surface area (Å²) in [6.45, 7) is 3.90. The molecule has 6 nitrogen and oxygen atoms in total. The van der Waals surface area contributed by atoms with Gasteiger partial charge in [-0.25, -0.2) is 4.98 Å². The first kappa shape index (κ1) is 12.5. The van der Waals surface area contributed by atoms with Crippen molar-refractivity contribution >= 4 is 11.5 Å². The van der Waals surface area contributed by atoms with Crippen molar-refractivity contribution in [2.75, 3.05) is 50.5 Å². The van der Waals surface area contributed by atoms with Crippen LogP contribution in [0.25, 0.3) is 0 Å². The van der Waals surface area contributed by atoms with E-state index in [1.165, 1.54) is 0 Å². The Bertz CT molecular complexity index is 448. The van der Waals surface area contributed by atoms with E-state index < -0.39 is 0 Å². The molecular weight excluding hydrogens is 230 g/mol. The summed E-state index contributed by atoms with van der Waals surface area (Å²) in [5.41, 5.74) is 6.28. The SMILES string of the molecule is COc1cc(N)cnc1N1CCN(CC#N)CC1. The third-order valence-electron chi connectivity index (χ3n) is 3.04. The van der Waals surface area contributed by atoms with E-state index in [1.807, 2.05) is 0 Å². The van der Waals surface area contributed by atoms with Gasteiger partial charge in [-0.05, 0) is 0 Å². The van der Waals surface area contributed by atoms with Gasteiger partial charge in [0.1, 0.15) is 0 Å². The standard InChI is InChI=1S/C12H17N5O/c1-18-11-8-10(14)9-15-12(11)17-6-4-16(3-2-13)5-7-17/h8-9H,3-7,14H2,1H3. The van der Waals surface area contributed by atoms with Crippen LogP contribution in [0.1, 0.15) is 0 Å². The van der Waals surface area contributed by atoms with Crippen LogP contribution in [-0.2, 0) is 0 Å². The number of aromatic nitrogens is 1. The molecule has 0 saturated carbocycles. The van der Waals surface area contributed by atoms with Gasteiger partial charge in [-0.3, -0.25) is 4.90 Å². The fraction of sp³-hybridized carbons (Fsp3) is 0.500. The number of rotatable bonds is 3. The van der Waals surface area contributed by atoms with E-state index in [0.717, 1.165) is 32.0 Å². The minimum atomic E-state index is 0.486. The quantitative estimate of drug-likeness (QED) is 0.775. The Kier molecular flexibility index (Phi) is 3.85. The number of nitrogens with zero attached hydrogens (tertiary/aromatic N) is 4. The molecule has 18 heavy (non-hydrogen) atoms. The first-order valence-corrected chi connectivity index (χ1v) is 5.88. The highest BCUT2D eigenvalue weighted by molar-refractivity contribution is 5.58. The molecule has 1 aliphatic rings. The second-order valence-corrected chi connectivity index (χ2v) is 4.22. The van der Waals surface area contributed by atoms with E-state index in [0.29, 0.717) is 18.0 Å². The Morgan fingerprint density at radius 1 is 1.44 bits per heavy atom. The number of ether oxygens (including phenoxy) is 1. The third-order valence-corrected chi connectivity index (χ3v) is 3.04. The average molecular weight is 247 g/mol. The molecule has 0 radical (unpaired) electrons. The first-order chi connectivity index (χ1) is 8.74. The predicted octanol–water partition coefficient (Wildman–Crippen LogP) is 0.318. The third kappa shape index (κ3) is 2.63. The molecular formula is C12H17N5O. The predicted molar refractivity (Wildman–Crippen MR) is 69.5 cm³/mol. The first-order valence-electron chi connectivity index (χ1n) is 5.88. The fourth-order valence-corrected chi connectivity index (χ4v) is 2.06. The van der Waals surface area contributed by atoms with Gasteiger partial charge in [-0.1, -0.05) is 0 Å². The number of nitrogen functional groups attached to an aromatic ring is 1. The van der Waals surface area contributed by atoms with Gasteiger partial charge in [0, 0.05) is 32.2 Å². The molecule has 0 aliphatic carbocycles. The van der Waals surface area contributed by atoms with Crippen LogP contribution in [0.3, 0.4) is 0 Å². The molecule has 2 N–H and O–H groups in total. The molecule has 1 fully saturated rings. The Balaban J connectivity index is 2.08. The minimum Gasteiger partial charge on any atom is -0.493 e. The molecule has 2 heterocycles. The van der Waals surface area contributed by atoms with Crippen molar-refractivity contribution in [3.8, 4) is 11.8 Å². The van der Waals surface area contributed by atoms with Crippen LogP contribution in [0.5, 0.6) is 5.75 Å². The Labute approximate surface area is 107 Å². The van der Waals surface area contributed by atoms with Crippen LogP contribution in [0.4, 0.5) is 11.5 Å². The van der Waals surface area contributed by atoms with Crippen molar-refractivity contribution in [3.63, 3.8) is 0 Å². The summed E-state index contributed by atoms with van der Waals surface area (Å²) < 4.78 is 5.30. The van der Waals surface area contributed by atoms with Gasteiger partial charge in [0.2, 0.25) is 0 Å². The van der Waals surface area contributed by atoms with E-state index >= 15 is 0 Å². The lowest BCUT2D eigenvalue weighted by molar-refractivity contribution is 0.285. The van der Waals surface area contributed by atoms with E-state index in [2.05, 4.69) is 20.9 Å². The second-order valence-electron chi connectivity index (χ2n) is 4.22. The highest BCUT2D eigenvalue weighted by Gasteiger charge is 2.20. The fourth-order valence-electron chi connectivity index (χ4n) is 2.06. The summed E-state index contributed by atoms with van der Waals surface area (Å²) in [5, 5.41) is 8.66. The number of pyridine rings is 1. The van der Waals surface area contributed by atoms with Crippen molar-refractivity contribution in [1.29, 1.82) is 5.26 Å². The zero-order chi connectivity index (χ0) is 13.0. The van der Waals surface area contributed by atoms with E-state index in [1.54, 1.807) is 19.4 Å². The zero-order valence-corrected chi connectivity index (χ0v) is 10.5. The summed E-state index contributed by atoms with van der Waals surface area (Å²) in [6.07, 6.45) is 1.64. The molecule has 1 aliphatic heterocycles. The van der Waals surface area contributed by atoms with Crippen LogP contribution in [0.15, 0.2) is 12.3 Å². The second kappa shape index (κ2) is 5.56. The summed E-state index contributed by atoms with van der Waals surface area (Å²) in [4.78, 5) is 8.62. The summed E-state index contributed by atoms with van der Waals surface area (Å²) >= 11 is 0. The maximum absolute atomic E-state index is 8.66. The summed E-state index contributed by atoms with van der Waals surface area (Å²) in [7, 11) is 1.62. The molecule has 2 rings (SSSR count). The molecule has 0 spiro atoms. The van der Waals surface area contributed by atoms with E-state index in [9.17, 15) is 0 Å². The van der Waals surface area contributed by atoms with Gasteiger partial charge in [0.15, 0.2) is 11.6 Å². The number of nitriles is 1. The van der Waals surface area contributed by atoms with Crippen LogP contribution < -0.4 is 15.4 Å². The van der Waals surface area contributed by atoms with Crippen LogP contribution >= 0.6 is 0 Å². The molecule has 0 bridgehead atoms. The smallest absolute Gasteiger partial charge is 0.171 e. The van der Waals surface area contributed by atoms with Gasteiger partial charge < -0.3 is 15.4 Å². The topological polar surface area (TPSA) is 78.4 Å². The number of nitrogens with two attached hydrogens (primary N) is 1. The van der Waals surface area contributed by atoms with Crippen molar-refractivity contribution in [1.82, 2.24) is 9.88 Å². The maximum Gasteiger partial charge on any atom is 0.171 e. The van der Waals surface area contributed by atoms with Gasteiger partial charge in [-0.2, -0.15) is 5.26 Å². The molecule has 1 aromatic rings. The number of anilines is 2. The van der Waals surface area contributed by atoms with Crippen molar-refractivity contribution in [3.05, 3.63) is 12.3 Å². The average Bonchev–Trinajstić information content (AvgIpc) is 2.40. The lowest BCUT2D eigenvalue weighted by Crippen LogP contribution is -2.46. The molecule has 6 heteroatoms. The largest absolute Gasteiger partial charge is 0.493 e. The summed E-state index contributed by atoms with van der Waals surface area (Å²) in [5.74, 6) is 1.52. The molecule has 0 atom stereocenters. The van der Waals surface area contributed by atoms with Crippen molar-refractivity contribution in [2.45, 2.75) is 0 Å². The normalized spacial score (nSPS) is 16.3. The Hall–Kier alpha value is -2.00. The number of hydrogen-bond donors (Lipinski definition) is 1. The van der Waals surface area contributed by atoms with Gasteiger partial charge in [0.05, 0.1) is 31.6 Å². The van der Waals surface area contributed by atoms with E-state index in [-0.39, 0.29) is 0 Å². The lowest BCUT2D eigenvalue weighted by atomic mass is 10.3. The Morgan fingerprint density at radius 2 is 2.17 bits per heavy atom.